The van der Waals surface area contributed by atoms with Crippen molar-refractivity contribution in [1.82, 2.24) is 5.32 Å². The zero-order valence-corrected chi connectivity index (χ0v) is 11.2. The van der Waals surface area contributed by atoms with E-state index in [4.69, 9.17) is 0 Å². The highest BCUT2D eigenvalue weighted by Crippen LogP contribution is 2.21. The summed E-state index contributed by atoms with van der Waals surface area (Å²) < 4.78 is 0. The molecular weight excluding hydrogens is 198 g/mol. The first kappa shape index (κ1) is 14.0. The maximum atomic E-state index is 9.96. The Morgan fingerprint density at radius 3 is 2.50 bits per heavy atom. The molecule has 0 aromatic rings. The molecule has 0 aliphatic heterocycles. The van der Waals surface area contributed by atoms with Crippen molar-refractivity contribution < 1.29 is 5.11 Å². The largest absolute Gasteiger partial charge is 0.392 e. The summed E-state index contributed by atoms with van der Waals surface area (Å²) in [5.74, 6) is 0.726. The molecule has 4 atom stereocenters. The first-order valence-electron chi connectivity index (χ1n) is 7.13. The van der Waals surface area contributed by atoms with Crippen LogP contribution in [-0.2, 0) is 0 Å². The van der Waals surface area contributed by atoms with Crippen molar-refractivity contribution in [3.8, 4) is 0 Å². The molecule has 0 aromatic heterocycles. The summed E-state index contributed by atoms with van der Waals surface area (Å²) >= 11 is 0. The first-order valence-corrected chi connectivity index (χ1v) is 7.13. The van der Waals surface area contributed by atoms with Gasteiger partial charge in [0.25, 0.3) is 0 Å². The molecule has 1 saturated carbocycles. The van der Waals surface area contributed by atoms with Gasteiger partial charge in [0.15, 0.2) is 0 Å². The molecule has 1 aliphatic rings. The smallest absolute Gasteiger partial charge is 0.0693 e. The number of aliphatic hydroxyl groups excluding tert-OH is 1. The third-order valence-corrected chi connectivity index (χ3v) is 4.03. The monoisotopic (exact) mass is 227 g/mol. The fourth-order valence-electron chi connectivity index (χ4n) is 2.92. The molecule has 0 spiro atoms. The van der Waals surface area contributed by atoms with E-state index in [1.807, 2.05) is 0 Å². The topological polar surface area (TPSA) is 32.3 Å². The Bertz CT molecular complexity index is 184. The van der Waals surface area contributed by atoms with Crippen LogP contribution < -0.4 is 5.32 Å². The molecule has 0 amide bonds. The summed E-state index contributed by atoms with van der Waals surface area (Å²) in [4.78, 5) is 0. The zero-order valence-electron chi connectivity index (χ0n) is 11.2. The quantitative estimate of drug-likeness (QED) is 0.731. The third-order valence-electron chi connectivity index (χ3n) is 4.03. The molecule has 0 bridgehead atoms. The van der Waals surface area contributed by atoms with Crippen LogP contribution in [0.5, 0.6) is 0 Å². The minimum atomic E-state index is -0.114. The zero-order chi connectivity index (χ0) is 12.0. The van der Waals surface area contributed by atoms with E-state index in [0.29, 0.717) is 12.1 Å². The van der Waals surface area contributed by atoms with Crippen LogP contribution in [0.1, 0.15) is 65.7 Å². The van der Waals surface area contributed by atoms with Crippen LogP contribution in [0.15, 0.2) is 0 Å². The molecular formula is C14H29NO. The third kappa shape index (κ3) is 4.06. The Kier molecular flexibility index (Phi) is 6.37. The average molecular weight is 227 g/mol. The minimum Gasteiger partial charge on any atom is -0.392 e. The predicted octanol–water partition coefficient (Wildman–Crippen LogP) is 3.09. The van der Waals surface area contributed by atoms with E-state index in [-0.39, 0.29) is 6.10 Å². The van der Waals surface area contributed by atoms with Gasteiger partial charge >= 0.3 is 0 Å². The lowest BCUT2D eigenvalue weighted by molar-refractivity contribution is 0.0793. The number of aliphatic hydroxyl groups is 1. The Balaban J connectivity index is 2.41. The lowest BCUT2D eigenvalue weighted by Crippen LogP contribution is -2.49. The SMILES string of the molecule is CCCC(C)C(CC)NC1CCCCC1O. The van der Waals surface area contributed by atoms with E-state index in [1.54, 1.807) is 0 Å². The molecule has 96 valence electrons. The van der Waals surface area contributed by atoms with Crippen LogP contribution in [0.3, 0.4) is 0 Å². The van der Waals surface area contributed by atoms with Gasteiger partial charge in [0, 0.05) is 12.1 Å². The highest BCUT2D eigenvalue weighted by molar-refractivity contribution is 4.84. The second kappa shape index (κ2) is 7.29. The second-order valence-electron chi connectivity index (χ2n) is 5.41. The summed E-state index contributed by atoms with van der Waals surface area (Å²) in [6.07, 6.45) is 8.20. The van der Waals surface area contributed by atoms with Gasteiger partial charge in [-0.15, -0.1) is 0 Å². The minimum absolute atomic E-state index is 0.114. The van der Waals surface area contributed by atoms with Crippen molar-refractivity contribution in [1.29, 1.82) is 0 Å². The molecule has 1 aliphatic carbocycles. The average Bonchev–Trinajstić information content (AvgIpc) is 2.28. The van der Waals surface area contributed by atoms with E-state index < -0.39 is 0 Å². The molecule has 2 nitrogen and oxygen atoms in total. The second-order valence-corrected chi connectivity index (χ2v) is 5.41. The molecule has 4 unspecified atom stereocenters. The standard InChI is InChI=1S/C14H29NO/c1-4-8-11(3)12(5-2)15-13-9-6-7-10-14(13)16/h11-16H,4-10H2,1-3H3. The summed E-state index contributed by atoms with van der Waals surface area (Å²) in [5.41, 5.74) is 0. The van der Waals surface area contributed by atoms with Gasteiger partial charge in [-0.25, -0.2) is 0 Å². The van der Waals surface area contributed by atoms with E-state index >= 15 is 0 Å². The van der Waals surface area contributed by atoms with Crippen molar-refractivity contribution in [2.45, 2.75) is 83.9 Å². The number of nitrogens with one attached hydrogen (secondary N) is 1. The molecule has 0 radical (unpaired) electrons. The van der Waals surface area contributed by atoms with Gasteiger partial charge < -0.3 is 10.4 Å². The predicted molar refractivity (Wildman–Crippen MR) is 69.5 cm³/mol. The van der Waals surface area contributed by atoms with Crippen LogP contribution in [-0.4, -0.2) is 23.3 Å². The van der Waals surface area contributed by atoms with Crippen molar-refractivity contribution in [3.05, 3.63) is 0 Å². The molecule has 1 fully saturated rings. The molecule has 0 saturated heterocycles. The summed E-state index contributed by atoms with van der Waals surface area (Å²) in [5, 5.41) is 13.7. The highest BCUT2D eigenvalue weighted by atomic mass is 16.3. The lowest BCUT2D eigenvalue weighted by atomic mass is 9.89. The van der Waals surface area contributed by atoms with Gasteiger partial charge in [0.2, 0.25) is 0 Å². The van der Waals surface area contributed by atoms with Gasteiger partial charge in [-0.2, -0.15) is 0 Å². The maximum Gasteiger partial charge on any atom is 0.0693 e. The molecule has 2 heteroatoms. The highest BCUT2D eigenvalue weighted by Gasteiger charge is 2.26. The Morgan fingerprint density at radius 1 is 1.25 bits per heavy atom. The number of hydrogen-bond acceptors (Lipinski definition) is 2. The van der Waals surface area contributed by atoms with Gasteiger partial charge in [0.05, 0.1) is 6.10 Å². The molecule has 2 N–H and O–H groups in total. The van der Waals surface area contributed by atoms with E-state index in [0.717, 1.165) is 18.8 Å². The van der Waals surface area contributed by atoms with Crippen LogP contribution >= 0.6 is 0 Å². The van der Waals surface area contributed by atoms with E-state index in [2.05, 4.69) is 26.1 Å². The van der Waals surface area contributed by atoms with Crippen LogP contribution in [0.2, 0.25) is 0 Å². The molecule has 0 aromatic carbocycles. The molecule has 1 rings (SSSR count). The van der Waals surface area contributed by atoms with Crippen LogP contribution in [0.25, 0.3) is 0 Å². The van der Waals surface area contributed by atoms with Gasteiger partial charge in [-0.1, -0.05) is 40.0 Å². The summed E-state index contributed by atoms with van der Waals surface area (Å²) in [6, 6.07) is 0.927. The van der Waals surface area contributed by atoms with Crippen LogP contribution in [0, 0.1) is 5.92 Å². The Labute approximate surface area is 101 Å². The summed E-state index contributed by atoms with van der Waals surface area (Å²) in [7, 11) is 0. The van der Waals surface area contributed by atoms with Crippen molar-refractivity contribution in [3.63, 3.8) is 0 Å². The van der Waals surface area contributed by atoms with Gasteiger partial charge in [-0.3, -0.25) is 0 Å². The molecule has 0 heterocycles. The van der Waals surface area contributed by atoms with Crippen LogP contribution in [0.4, 0.5) is 0 Å². The normalized spacial score (nSPS) is 30.0. The van der Waals surface area contributed by atoms with E-state index in [1.165, 1.54) is 32.1 Å². The van der Waals surface area contributed by atoms with Crippen molar-refractivity contribution in [2.24, 2.45) is 5.92 Å². The Hall–Kier alpha value is -0.0800. The number of hydrogen-bond donors (Lipinski definition) is 2. The van der Waals surface area contributed by atoms with E-state index in [9.17, 15) is 5.11 Å². The fourth-order valence-corrected chi connectivity index (χ4v) is 2.92. The number of rotatable bonds is 6. The fraction of sp³-hybridized carbons (Fsp3) is 1.00. The van der Waals surface area contributed by atoms with Crippen molar-refractivity contribution in [2.75, 3.05) is 0 Å². The Morgan fingerprint density at radius 2 is 1.94 bits per heavy atom. The van der Waals surface area contributed by atoms with Gasteiger partial charge in [-0.05, 0) is 31.6 Å². The van der Waals surface area contributed by atoms with Crippen molar-refractivity contribution >= 4 is 0 Å². The maximum absolute atomic E-state index is 9.96. The molecule has 16 heavy (non-hydrogen) atoms. The van der Waals surface area contributed by atoms with Gasteiger partial charge in [0.1, 0.15) is 0 Å². The lowest BCUT2D eigenvalue weighted by Gasteiger charge is -2.34. The first-order chi connectivity index (χ1) is 7.69. The summed E-state index contributed by atoms with van der Waals surface area (Å²) in [6.45, 7) is 6.83.